The maximum absolute atomic E-state index is 11.9. The van der Waals surface area contributed by atoms with Crippen LogP contribution < -0.4 is 0 Å². The SMILES string of the molecule is O=C(OCc1ccc(Cl)cc1)c1ccc2nncn2c1. The second-order valence-electron chi connectivity index (χ2n) is 4.22. The van der Waals surface area contributed by atoms with E-state index in [1.54, 1.807) is 34.9 Å². The van der Waals surface area contributed by atoms with Crippen molar-refractivity contribution in [3.05, 3.63) is 65.1 Å². The van der Waals surface area contributed by atoms with Gasteiger partial charge in [0.15, 0.2) is 5.65 Å². The lowest BCUT2D eigenvalue weighted by Gasteiger charge is -2.05. The number of aromatic nitrogens is 3. The molecule has 0 saturated carbocycles. The Morgan fingerprint density at radius 1 is 1.20 bits per heavy atom. The van der Waals surface area contributed by atoms with Gasteiger partial charge in [-0.1, -0.05) is 23.7 Å². The average Bonchev–Trinajstić information content (AvgIpc) is 2.93. The summed E-state index contributed by atoms with van der Waals surface area (Å²) in [7, 11) is 0. The Morgan fingerprint density at radius 3 is 2.80 bits per heavy atom. The molecule has 5 nitrogen and oxygen atoms in total. The Balaban J connectivity index is 1.70. The number of nitrogens with zero attached hydrogens (tertiary/aromatic N) is 3. The van der Waals surface area contributed by atoms with E-state index in [0.29, 0.717) is 16.2 Å². The van der Waals surface area contributed by atoms with E-state index >= 15 is 0 Å². The van der Waals surface area contributed by atoms with Crippen molar-refractivity contribution in [2.75, 3.05) is 0 Å². The fraction of sp³-hybridized carbons (Fsp3) is 0.0714. The van der Waals surface area contributed by atoms with Gasteiger partial charge in [-0.2, -0.15) is 0 Å². The Morgan fingerprint density at radius 2 is 2.00 bits per heavy atom. The van der Waals surface area contributed by atoms with E-state index in [1.807, 2.05) is 12.1 Å². The van der Waals surface area contributed by atoms with Crippen molar-refractivity contribution in [1.29, 1.82) is 0 Å². The van der Waals surface area contributed by atoms with Crippen LogP contribution in [0.15, 0.2) is 48.9 Å². The Kier molecular flexibility index (Phi) is 3.35. The predicted octanol–water partition coefficient (Wildman–Crippen LogP) is 2.74. The zero-order valence-corrected chi connectivity index (χ0v) is 11.1. The van der Waals surface area contributed by atoms with Gasteiger partial charge in [0.05, 0.1) is 5.56 Å². The number of ether oxygens (including phenoxy) is 1. The van der Waals surface area contributed by atoms with E-state index in [-0.39, 0.29) is 6.61 Å². The molecular formula is C14H10ClN3O2. The Labute approximate surface area is 119 Å². The normalized spacial score (nSPS) is 10.7. The molecule has 0 aliphatic rings. The highest BCUT2D eigenvalue weighted by atomic mass is 35.5. The van der Waals surface area contributed by atoms with E-state index in [2.05, 4.69) is 10.2 Å². The van der Waals surface area contributed by atoms with Gasteiger partial charge in [0.1, 0.15) is 12.9 Å². The summed E-state index contributed by atoms with van der Waals surface area (Å²) in [6.07, 6.45) is 3.17. The van der Waals surface area contributed by atoms with Gasteiger partial charge in [0.2, 0.25) is 0 Å². The largest absolute Gasteiger partial charge is 0.457 e. The van der Waals surface area contributed by atoms with Crippen molar-refractivity contribution in [3.63, 3.8) is 0 Å². The van der Waals surface area contributed by atoms with Crippen LogP contribution in [-0.4, -0.2) is 20.6 Å². The third-order valence-corrected chi connectivity index (χ3v) is 3.06. The highest BCUT2D eigenvalue weighted by Gasteiger charge is 2.09. The lowest BCUT2D eigenvalue weighted by Crippen LogP contribution is -2.06. The van der Waals surface area contributed by atoms with Crippen molar-refractivity contribution >= 4 is 23.2 Å². The molecule has 3 rings (SSSR count). The summed E-state index contributed by atoms with van der Waals surface area (Å²) >= 11 is 5.79. The van der Waals surface area contributed by atoms with Gasteiger partial charge in [0.25, 0.3) is 0 Å². The van der Waals surface area contributed by atoms with Crippen LogP contribution in [0.1, 0.15) is 15.9 Å². The zero-order valence-electron chi connectivity index (χ0n) is 10.4. The molecular weight excluding hydrogens is 278 g/mol. The molecule has 6 heteroatoms. The number of fused-ring (bicyclic) bond motifs is 1. The first-order chi connectivity index (χ1) is 9.72. The Hall–Kier alpha value is -2.40. The summed E-state index contributed by atoms with van der Waals surface area (Å²) in [4.78, 5) is 11.9. The number of benzene rings is 1. The predicted molar refractivity (Wildman–Crippen MR) is 73.6 cm³/mol. The van der Waals surface area contributed by atoms with Crippen LogP contribution in [-0.2, 0) is 11.3 Å². The molecule has 0 atom stereocenters. The van der Waals surface area contributed by atoms with Crippen LogP contribution >= 0.6 is 11.6 Å². The quantitative estimate of drug-likeness (QED) is 0.695. The first-order valence-corrected chi connectivity index (χ1v) is 6.31. The van der Waals surface area contributed by atoms with E-state index < -0.39 is 5.97 Å². The number of esters is 1. The average molecular weight is 288 g/mol. The maximum Gasteiger partial charge on any atom is 0.339 e. The van der Waals surface area contributed by atoms with Crippen molar-refractivity contribution in [1.82, 2.24) is 14.6 Å². The number of hydrogen-bond donors (Lipinski definition) is 0. The molecule has 0 radical (unpaired) electrons. The van der Waals surface area contributed by atoms with Gasteiger partial charge in [-0.25, -0.2) is 4.79 Å². The monoisotopic (exact) mass is 287 g/mol. The van der Waals surface area contributed by atoms with Gasteiger partial charge < -0.3 is 4.74 Å². The van der Waals surface area contributed by atoms with Crippen LogP contribution in [0.2, 0.25) is 5.02 Å². The molecule has 3 aromatic rings. The summed E-state index contributed by atoms with van der Waals surface area (Å²) in [5.41, 5.74) is 2.01. The molecule has 0 aliphatic carbocycles. The summed E-state index contributed by atoms with van der Waals surface area (Å²) in [5, 5.41) is 8.27. The maximum atomic E-state index is 11.9. The molecule has 0 saturated heterocycles. The molecule has 0 amide bonds. The fourth-order valence-corrected chi connectivity index (χ4v) is 1.89. The van der Waals surface area contributed by atoms with Crippen molar-refractivity contribution < 1.29 is 9.53 Å². The van der Waals surface area contributed by atoms with E-state index in [9.17, 15) is 4.79 Å². The van der Waals surface area contributed by atoms with Gasteiger partial charge in [0, 0.05) is 11.2 Å². The minimum atomic E-state index is -0.393. The molecule has 20 heavy (non-hydrogen) atoms. The first-order valence-electron chi connectivity index (χ1n) is 5.93. The first kappa shape index (κ1) is 12.6. The summed E-state index contributed by atoms with van der Waals surface area (Å²) in [5.74, 6) is -0.393. The number of carbonyl (C=O) groups is 1. The smallest absolute Gasteiger partial charge is 0.339 e. The fourth-order valence-electron chi connectivity index (χ4n) is 1.76. The summed E-state index contributed by atoms with van der Waals surface area (Å²) in [6.45, 7) is 0.205. The second kappa shape index (κ2) is 5.30. The van der Waals surface area contributed by atoms with Crippen LogP contribution in [0.3, 0.4) is 0 Å². The molecule has 100 valence electrons. The lowest BCUT2D eigenvalue weighted by atomic mass is 10.2. The molecule has 2 heterocycles. The van der Waals surface area contributed by atoms with Crippen LogP contribution in [0.4, 0.5) is 0 Å². The highest BCUT2D eigenvalue weighted by Crippen LogP contribution is 2.11. The number of hydrogen-bond acceptors (Lipinski definition) is 4. The molecule has 0 aliphatic heterocycles. The van der Waals surface area contributed by atoms with Crippen LogP contribution in [0, 0.1) is 0 Å². The highest BCUT2D eigenvalue weighted by molar-refractivity contribution is 6.30. The third kappa shape index (κ3) is 2.62. The third-order valence-electron chi connectivity index (χ3n) is 2.81. The van der Waals surface area contributed by atoms with Crippen molar-refractivity contribution in [3.8, 4) is 0 Å². The second-order valence-corrected chi connectivity index (χ2v) is 4.65. The van der Waals surface area contributed by atoms with Crippen LogP contribution in [0.25, 0.3) is 5.65 Å². The summed E-state index contributed by atoms with van der Waals surface area (Å²) < 4.78 is 6.91. The van der Waals surface area contributed by atoms with Gasteiger partial charge in [-0.05, 0) is 29.8 Å². The van der Waals surface area contributed by atoms with E-state index in [0.717, 1.165) is 5.56 Å². The number of pyridine rings is 1. The zero-order chi connectivity index (χ0) is 13.9. The summed E-state index contributed by atoms with van der Waals surface area (Å²) in [6, 6.07) is 10.5. The van der Waals surface area contributed by atoms with Gasteiger partial charge >= 0.3 is 5.97 Å². The minimum absolute atomic E-state index is 0.205. The van der Waals surface area contributed by atoms with Crippen molar-refractivity contribution in [2.45, 2.75) is 6.61 Å². The Bertz CT molecular complexity index is 752. The molecule has 0 bridgehead atoms. The lowest BCUT2D eigenvalue weighted by molar-refractivity contribution is 0.0472. The molecule has 0 unspecified atom stereocenters. The van der Waals surface area contributed by atoms with Crippen molar-refractivity contribution in [2.24, 2.45) is 0 Å². The number of rotatable bonds is 3. The molecule has 0 N–H and O–H groups in total. The van der Waals surface area contributed by atoms with Crippen LogP contribution in [0.5, 0.6) is 0 Å². The van der Waals surface area contributed by atoms with Gasteiger partial charge in [-0.15, -0.1) is 10.2 Å². The molecule has 2 aromatic heterocycles. The molecule has 1 aromatic carbocycles. The van der Waals surface area contributed by atoms with Gasteiger partial charge in [-0.3, -0.25) is 4.40 Å². The molecule has 0 fully saturated rings. The number of halogens is 1. The van der Waals surface area contributed by atoms with E-state index in [4.69, 9.17) is 16.3 Å². The molecule has 0 spiro atoms. The van der Waals surface area contributed by atoms with E-state index in [1.165, 1.54) is 6.33 Å². The standard InChI is InChI=1S/C14H10ClN3O2/c15-12-4-1-10(2-5-12)8-20-14(19)11-3-6-13-17-16-9-18(13)7-11/h1-7,9H,8H2. The topological polar surface area (TPSA) is 56.5 Å². The number of carbonyl (C=O) groups excluding carboxylic acids is 1. The minimum Gasteiger partial charge on any atom is -0.457 e.